The maximum Gasteiger partial charge on any atom is 0.337 e. The number of methoxy groups -OCH3 is 1. The summed E-state index contributed by atoms with van der Waals surface area (Å²) in [4.78, 5) is 37.7. The maximum atomic E-state index is 12.1. The Morgan fingerprint density at radius 2 is 2.00 bits per heavy atom. The molecule has 0 bridgehead atoms. The van der Waals surface area contributed by atoms with E-state index in [1.807, 2.05) is 6.07 Å². The van der Waals surface area contributed by atoms with Crippen LogP contribution in [0.3, 0.4) is 0 Å². The fourth-order valence-electron chi connectivity index (χ4n) is 2.42. The molecule has 124 valence electrons. The summed E-state index contributed by atoms with van der Waals surface area (Å²) in [6.07, 6.45) is 1.18. The van der Waals surface area contributed by atoms with Crippen molar-refractivity contribution < 1.29 is 19.1 Å². The van der Waals surface area contributed by atoms with Crippen molar-refractivity contribution in [1.82, 2.24) is 9.80 Å². The highest BCUT2D eigenvalue weighted by Gasteiger charge is 2.19. The number of amides is 2. The average Bonchev–Trinajstić information content (AvgIpc) is 2.61. The van der Waals surface area contributed by atoms with Gasteiger partial charge < -0.3 is 19.9 Å². The van der Waals surface area contributed by atoms with Crippen LogP contribution in [0.25, 0.3) is 0 Å². The van der Waals surface area contributed by atoms with E-state index in [0.717, 1.165) is 12.1 Å². The van der Waals surface area contributed by atoms with Crippen LogP contribution in [-0.2, 0) is 14.3 Å². The second-order valence-electron chi connectivity index (χ2n) is 5.27. The van der Waals surface area contributed by atoms with E-state index in [1.54, 1.807) is 28.0 Å². The van der Waals surface area contributed by atoms with Crippen LogP contribution in [0.4, 0.5) is 5.69 Å². The van der Waals surface area contributed by atoms with Gasteiger partial charge in [0.25, 0.3) is 0 Å². The van der Waals surface area contributed by atoms with E-state index < -0.39 is 5.97 Å². The Morgan fingerprint density at radius 1 is 1.26 bits per heavy atom. The first-order valence-electron chi connectivity index (χ1n) is 7.53. The molecule has 1 saturated heterocycles. The SMILES string of the molecule is COC(=O)c1cccc(NCCC(=O)N2CCN(C=O)CC2)c1. The summed E-state index contributed by atoms with van der Waals surface area (Å²) in [5.41, 5.74) is 1.24. The van der Waals surface area contributed by atoms with E-state index in [-0.39, 0.29) is 5.91 Å². The zero-order valence-corrected chi connectivity index (χ0v) is 13.2. The standard InChI is InChI=1S/C16H21N3O4/c1-23-16(22)13-3-2-4-14(11-13)17-6-5-15(21)19-9-7-18(12-20)8-10-19/h2-4,11-12,17H,5-10H2,1H3. The third-order valence-corrected chi connectivity index (χ3v) is 3.77. The minimum Gasteiger partial charge on any atom is -0.465 e. The zero-order chi connectivity index (χ0) is 16.7. The Hall–Kier alpha value is -2.57. The van der Waals surface area contributed by atoms with E-state index in [4.69, 9.17) is 0 Å². The Labute approximate surface area is 135 Å². The number of anilines is 1. The number of piperazine rings is 1. The number of hydrogen-bond acceptors (Lipinski definition) is 5. The molecule has 0 aromatic heterocycles. The minimum absolute atomic E-state index is 0.0622. The van der Waals surface area contributed by atoms with Gasteiger partial charge in [0.1, 0.15) is 0 Å². The summed E-state index contributed by atoms with van der Waals surface area (Å²) < 4.78 is 4.67. The number of ether oxygens (including phenoxy) is 1. The van der Waals surface area contributed by atoms with Crippen molar-refractivity contribution in [3.05, 3.63) is 29.8 Å². The fourth-order valence-corrected chi connectivity index (χ4v) is 2.42. The normalized spacial score (nSPS) is 14.3. The zero-order valence-electron chi connectivity index (χ0n) is 13.2. The lowest BCUT2D eigenvalue weighted by atomic mass is 10.2. The van der Waals surface area contributed by atoms with Gasteiger partial charge in [0.05, 0.1) is 12.7 Å². The molecular weight excluding hydrogens is 298 g/mol. The number of rotatable bonds is 6. The predicted molar refractivity (Wildman–Crippen MR) is 85.1 cm³/mol. The third kappa shape index (κ3) is 4.70. The van der Waals surface area contributed by atoms with Gasteiger partial charge in [-0.1, -0.05) is 6.07 Å². The maximum absolute atomic E-state index is 12.1. The lowest BCUT2D eigenvalue weighted by Crippen LogP contribution is -2.48. The number of benzene rings is 1. The van der Waals surface area contributed by atoms with Crippen LogP contribution in [0.2, 0.25) is 0 Å². The van der Waals surface area contributed by atoms with Crippen molar-refractivity contribution in [3.63, 3.8) is 0 Å². The highest BCUT2D eigenvalue weighted by molar-refractivity contribution is 5.90. The van der Waals surface area contributed by atoms with E-state index in [1.165, 1.54) is 7.11 Å². The van der Waals surface area contributed by atoms with Crippen molar-refractivity contribution in [2.24, 2.45) is 0 Å². The molecule has 7 heteroatoms. The van der Waals surface area contributed by atoms with Gasteiger partial charge in [0, 0.05) is 44.8 Å². The minimum atomic E-state index is -0.391. The van der Waals surface area contributed by atoms with Gasteiger partial charge in [-0.05, 0) is 18.2 Å². The van der Waals surface area contributed by atoms with Crippen molar-refractivity contribution in [2.75, 3.05) is 45.2 Å². The second kappa shape index (κ2) is 8.17. The number of carbonyl (C=O) groups excluding carboxylic acids is 3. The first-order valence-corrected chi connectivity index (χ1v) is 7.53. The van der Waals surface area contributed by atoms with Crippen LogP contribution in [0, 0.1) is 0 Å². The lowest BCUT2D eigenvalue weighted by Gasteiger charge is -2.32. The molecule has 23 heavy (non-hydrogen) atoms. The van der Waals surface area contributed by atoms with Gasteiger partial charge in [-0.15, -0.1) is 0 Å². The number of carbonyl (C=O) groups is 3. The summed E-state index contributed by atoms with van der Waals surface area (Å²) in [5, 5.41) is 3.13. The molecule has 0 saturated carbocycles. The lowest BCUT2D eigenvalue weighted by molar-refractivity contribution is -0.134. The molecule has 2 rings (SSSR count). The molecule has 2 amide bonds. The smallest absolute Gasteiger partial charge is 0.337 e. The van der Waals surface area contributed by atoms with Crippen LogP contribution in [0.5, 0.6) is 0 Å². The number of hydrogen-bond donors (Lipinski definition) is 1. The topological polar surface area (TPSA) is 79.0 Å². The van der Waals surface area contributed by atoms with Gasteiger partial charge in [0.15, 0.2) is 0 Å². The summed E-state index contributed by atoms with van der Waals surface area (Å²) >= 11 is 0. The molecule has 1 heterocycles. The first kappa shape index (κ1) is 16.8. The molecule has 1 aromatic carbocycles. The Kier molecular flexibility index (Phi) is 5.96. The summed E-state index contributed by atoms with van der Waals surface area (Å²) in [7, 11) is 1.34. The van der Waals surface area contributed by atoms with Gasteiger partial charge in [0.2, 0.25) is 12.3 Å². The predicted octanol–water partition coefficient (Wildman–Crippen LogP) is 0.576. The molecule has 1 aromatic rings. The third-order valence-electron chi connectivity index (χ3n) is 3.77. The molecule has 7 nitrogen and oxygen atoms in total. The van der Waals surface area contributed by atoms with Crippen molar-refractivity contribution in [1.29, 1.82) is 0 Å². The van der Waals surface area contributed by atoms with Gasteiger partial charge in [-0.2, -0.15) is 0 Å². The fraction of sp³-hybridized carbons (Fsp3) is 0.438. The van der Waals surface area contributed by atoms with Crippen LogP contribution in [-0.4, -0.2) is 67.9 Å². The number of nitrogens with zero attached hydrogens (tertiary/aromatic N) is 2. The molecular formula is C16H21N3O4. The van der Waals surface area contributed by atoms with Crippen molar-refractivity contribution in [2.45, 2.75) is 6.42 Å². The average molecular weight is 319 g/mol. The highest BCUT2D eigenvalue weighted by atomic mass is 16.5. The molecule has 0 radical (unpaired) electrons. The summed E-state index contributed by atoms with van der Waals surface area (Å²) in [6, 6.07) is 6.96. The van der Waals surface area contributed by atoms with Crippen LogP contribution >= 0.6 is 0 Å². The summed E-state index contributed by atoms with van der Waals surface area (Å²) in [6.45, 7) is 2.82. The van der Waals surface area contributed by atoms with Crippen LogP contribution in [0.15, 0.2) is 24.3 Å². The molecule has 1 aliphatic rings. The molecule has 1 fully saturated rings. The second-order valence-corrected chi connectivity index (χ2v) is 5.27. The monoisotopic (exact) mass is 319 g/mol. The molecule has 1 aliphatic heterocycles. The number of esters is 1. The Morgan fingerprint density at radius 3 is 2.65 bits per heavy atom. The summed E-state index contributed by atoms with van der Waals surface area (Å²) in [5.74, 6) is -0.329. The van der Waals surface area contributed by atoms with Gasteiger partial charge in [-0.25, -0.2) is 4.79 Å². The first-order chi connectivity index (χ1) is 11.1. The Balaban J connectivity index is 1.77. The van der Waals surface area contributed by atoms with E-state index >= 15 is 0 Å². The van der Waals surface area contributed by atoms with Crippen LogP contribution < -0.4 is 5.32 Å². The highest BCUT2D eigenvalue weighted by Crippen LogP contribution is 2.12. The quantitative estimate of drug-likeness (QED) is 0.613. The van der Waals surface area contributed by atoms with Crippen LogP contribution in [0.1, 0.15) is 16.8 Å². The molecule has 0 aliphatic carbocycles. The van der Waals surface area contributed by atoms with E-state index in [0.29, 0.717) is 44.7 Å². The van der Waals surface area contributed by atoms with Gasteiger partial charge in [-0.3, -0.25) is 9.59 Å². The van der Waals surface area contributed by atoms with Crippen molar-refractivity contribution in [3.8, 4) is 0 Å². The van der Waals surface area contributed by atoms with E-state index in [9.17, 15) is 14.4 Å². The largest absolute Gasteiger partial charge is 0.465 e. The number of nitrogens with one attached hydrogen (secondary N) is 1. The van der Waals surface area contributed by atoms with Crippen molar-refractivity contribution >= 4 is 24.0 Å². The molecule has 1 N–H and O–H groups in total. The molecule has 0 unspecified atom stereocenters. The van der Waals surface area contributed by atoms with E-state index in [2.05, 4.69) is 10.1 Å². The molecule has 0 spiro atoms. The molecule has 0 atom stereocenters. The van der Waals surface area contributed by atoms with Gasteiger partial charge >= 0.3 is 5.97 Å². The Bertz CT molecular complexity index is 568.